The zero-order chi connectivity index (χ0) is 17.1. The molecule has 24 heavy (non-hydrogen) atoms. The minimum Gasteiger partial charge on any atom is -0.341 e. The Hall–Kier alpha value is -1.23. The van der Waals surface area contributed by atoms with Gasteiger partial charge < -0.3 is 4.90 Å². The fourth-order valence-electron chi connectivity index (χ4n) is 3.85. The number of nitrogens with zero attached hydrogens (tertiary/aromatic N) is 1. The number of carbonyl (C=O) groups excluding carboxylic acids is 1. The Morgan fingerprint density at radius 3 is 2.71 bits per heavy atom. The first-order chi connectivity index (χ1) is 11.6. The third kappa shape index (κ3) is 3.71. The zero-order valence-electron chi connectivity index (χ0n) is 14.3. The molecule has 1 aliphatic carbocycles. The molecule has 1 aromatic rings. The van der Waals surface area contributed by atoms with Crippen LogP contribution < -0.4 is 0 Å². The number of aryl methyl sites for hydroxylation is 1. The molecular weight excluding hydrogens is 325 g/mol. The van der Waals surface area contributed by atoms with Crippen molar-refractivity contribution in [2.24, 2.45) is 5.92 Å². The number of benzene rings is 1. The summed E-state index contributed by atoms with van der Waals surface area (Å²) < 4.78 is 26.5. The predicted molar refractivity (Wildman–Crippen MR) is 93.7 cm³/mol. The van der Waals surface area contributed by atoms with Gasteiger partial charge in [-0.1, -0.05) is 26.2 Å². The lowest BCUT2D eigenvalue weighted by Gasteiger charge is -2.26. The van der Waals surface area contributed by atoms with Crippen LogP contribution in [-0.2, 0) is 22.0 Å². The highest BCUT2D eigenvalue weighted by atomic mass is 32.2. The second-order valence-corrected chi connectivity index (χ2v) is 8.67. The Morgan fingerprint density at radius 1 is 1.25 bits per heavy atom. The van der Waals surface area contributed by atoms with Crippen LogP contribution in [0.4, 0.5) is 4.39 Å². The minimum absolute atomic E-state index is 0.0345. The van der Waals surface area contributed by atoms with Gasteiger partial charge in [-0.2, -0.15) is 0 Å². The Labute approximate surface area is 146 Å². The van der Waals surface area contributed by atoms with Gasteiger partial charge in [-0.25, -0.2) is 4.39 Å². The van der Waals surface area contributed by atoms with Crippen molar-refractivity contribution in [3.05, 3.63) is 29.6 Å². The van der Waals surface area contributed by atoms with Crippen LogP contribution in [0.15, 0.2) is 23.1 Å². The van der Waals surface area contributed by atoms with Crippen molar-refractivity contribution < 1.29 is 13.4 Å². The molecular formula is C19H26FNO2S. The molecule has 1 amide bonds. The van der Waals surface area contributed by atoms with Crippen LogP contribution in [0.25, 0.3) is 0 Å². The van der Waals surface area contributed by atoms with Gasteiger partial charge in [0.25, 0.3) is 0 Å². The summed E-state index contributed by atoms with van der Waals surface area (Å²) in [5, 5.41) is -0.0345. The van der Waals surface area contributed by atoms with Crippen LogP contribution >= 0.6 is 0 Å². The Balaban J connectivity index is 1.64. The topological polar surface area (TPSA) is 37.4 Å². The summed E-state index contributed by atoms with van der Waals surface area (Å²) in [6.45, 7) is 3.17. The van der Waals surface area contributed by atoms with E-state index in [1.165, 1.54) is 12.5 Å². The fourth-order valence-corrected chi connectivity index (χ4v) is 5.33. The highest BCUT2D eigenvalue weighted by molar-refractivity contribution is 7.85. The Morgan fingerprint density at radius 2 is 2.00 bits per heavy atom. The summed E-state index contributed by atoms with van der Waals surface area (Å²) in [4.78, 5) is 15.2. The summed E-state index contributed by atoms with van der Waals surface area (Å²) in [6.07, 6.45) is 6.89. The van der Waals surface area contributed by atoms with Gasteiger partial charge in [-0.05, 0) is 49.4 Å². The standard InChI is InChI=1S/C19H26FNO2S/c1-2-14-12-16(8-9-18(14)20)24(23)17-10-11-21(13-17)19(22)15-6-4-3-5-7-15/h8-9,12,15,17H,2-7,10-11,13H2,1H3. The first kappa shape index (κ1) is 17.6. The van der Waals surface area contributed by atoms with Crippen molar-refractivity contribution in [1.29, 1.82) is 0 Å². The van der Waals surface area contributed by atoms with Crippen molar-refractivity contribution in [2.45, 2.75) is 62.0 Å². The predicted octanol–water partition coefficient (Wildman–Crippen LogP) is 3.68. The maximum atomic E-state index is 13.6. The average Bonchev–Trinajstić information content (AvgIpc) is 3.11. The average molecular weight is 351 g/mol. The van der Waals surface area contributed by atoms with E-state index in [1.807, 2.05) is 11.8 Å². The van der Waals surface area contributed by atoms with E-state index in [9.17, 15) is 13.4 Å². The van der Waals surface area contributed by atoms with E-state index in [0.717, 1.165) is 32.1 Å². The molecule has 3 rings (SSSR count). The Kier molecular flexibility index (Phi) is 5.69. The molecule has 132 valence electrons. The largest absolute Gasteiger partial charge is 0.341 e. The first-order valence-corrected chi connectivity index (χ1v) is 10.3. The van der Waals surface area contributed by atoms with Crippen LogP contribution in [0, 0.1) is 11.7 Å². The summed E-state index contributed by atoms with van der Waals surface area (Å²) in [5.74, 6) is 0.185. The van der Waals surface area contributed by atoms with E-state index in [2.05, 4.69) is 0 Å². The van der Waals surface area contributed by atoms with Crippen LogP contribution in [0.5, 0.6) is 0 Å². The number of carbonyl (C=O) groups is 1. The second kappa shape index (κ2) is 7.77. The number of hydrogen-bond acceptors (Lipinski definition) is 2. The van der Waals surface area contributed by atoms with Gasteiger partial charge in [-0.3, -0.25) is 9.00 Å². The molecule has 2 fully saturated rings. The Bertz CT molecular complexity index is 628. The van der Waals surface area contributed by atoms with E-state index in [0.29, 0.717) is 30.0 Å². The molecule has 0 bridgehead atoms. The van der Waals surface area contributed by atoms with Gasteiger partial charge in [0, 0.05) is 23.9 Å². The molecule has 2 aliphatic rings. The smallest absolute Gasteiger partial charge is 0.225 e. The molecule has 1 heterocycles. The highest BCUT2D eigenvalue weighted by Gasteiger charge is 2.34. The van der Waals surface area contributed by atoms with Gasteiger partial charge in [0.1, 0.15) is 5.82 Å². The number of halogens is 1. The van der Waals surface area contributed by atoms with Crippen molar-refractivity contribution in [3.63, 3.8) is 0 Å². The second-order valence-electron chi connectivity index (χ2n) is 6.93. The van der Waals surface area contributed by atoms with Crippen LogP contribution in [0.2, 0.25) is 0 Å². The number of rotatable bonds is 4. The molecule has 0 radical (unpaired) electrons. The van der Waals surface area contributed by atoms with Crippen LogP contribution in [0.3, 0.4) is 0 Å². The third-order valence-electron chi connectivity index (χ3n) is 5.34. The maximum Gasteiger partial charge on any atom is 0.225 e. The van der Waals surface area contributed by atoms with Gasteiger partial charge >= 0.3 is 0 Å². The fraction of sp³-hybridized carbons (Fsp3) is 0.632. The van der Waals surface area contributed by atoms with Gasteiger partial charge in [0.05, 0.1) is 16.0 Å². The molecule has 0 spiro atoms. The molecule has 2 unspecified atom stereocenters. The molecule has 1 aliphatic heterocycles. The van der Waals surface area contributed by atoms with E-state index in [1.54, 1.807) is 12.1 Å². The zero-order valence-corrected chi connectivity index (χ0v) is 15.1. The molecule has 3 nitrogen and oxygen atoms in total. The molecule has 1 saturated carbocycles. The summed E-state index contributed by atoms with van der Waals surface area (Å²) in [7, 11) is -1.18. The molecule has 1 aromatic carbocycles. The normalized spacial score (nSPS) is 23.4. The SMILES string of the molecule is CCc1cc(S(=O)C2CCN(C(=O)C3CCCCC3)C2)ccc1F. The van der Waals surface area contributed by atoms with Crippen LogP contribution in [-0.4, -0.2) is 33.4 Å². The van der Waals surface area contributed by atoms with Gasteiger partial charge in [0.2, 0.25) is 5.91 Å². The van der Waals surface area contributed by atoms with E-state index < -0.39 is 10.8 Å². The lowest BCUT2D eigenvalue weighted by atomic mass is 9.88. The summed E-state index contributed by atoms with van der Waals surface area (Å²) in [5.41, 5.74) is 0.606. The van der Waals surface area contributed by atoms with Crippen molar-refractivity contribution in [2.75, 3.05) is 13.1 Å². The van der Waals surface area contributed by atoms with Crippen molar-refractivity contribution in [3.8, 4) is 0 Å². The van der Waals surface area contributed by atoms with E-state index in [4.69, 9.17) is 0 Å². The lowest BCUT2D eigenvalue weighted by Crippen LogP contribution is -2.36. The molecule has 1 saturated heterocycles. The number of hydrogen-bond donors (Lipinski definition) is 0. The number of amides is 1. The van der Waals surface area contributed by atoms with Crippen molar-refractivity contribution in [1.82, 2.24) is 4.90 Å². The first-order valence-electron chi connectivity index (χ1n) is 9.08. The lowest BCUT2D eigenvalue weighted by molar-refractivity contribution is -0.135. The molecule has 0 aromatic heterocycles. The van der Waals surface area contributed by atoms with Gasteiger partial charge in [0.15, 0.2) is 0 Å². The summed E-state index contributed by atoms with van der Waals surface area (Å²) >= 11 is 0. The highest BCUT2D eigenvalue weighted by Crippen LogP contribution is 2.28. The quantitative estimate of drug-likeness (QED) is 0.830. The molecule has 5 heteroatoms. The monoisotopic (exact) mass is 351 g/mol. The van der Waals surface area contributed by atoms with E-state index in [-0.39, 0.29) is 22.9 Å². The van der Waals surface area contributed by atoms with E-state index >= 15 is 0 Å². The molecule has 0 N–H and O–H groups in total. The van der Waals surface area contributed by atoms with Crippen LogP contribution in [0.1, 0.15) is 51.0 Å². The summed E-state index contributed by atoms with van der Waals surface area (Å²) in [6, 6.07) is 4.75. The molecule has 2 atom stereocenters. The maximum absolute atomic E-state index is 13.6. The third-order valence-corrected chi connectivity index (χ3v) is 7.05. The minimum atomic E-state index is -1.18. The number of likely N-dealkylation sites (tertiary alicyclic amines) is 1. The van der Waals surface area contributed by atoms with Crippen molar-refractivity contribution >= 4 is 16.7 Å². The van der Waals surface area contributed by atoms with Gasteiger partial charge in [-0.15, -0.1) is 0 Å².